The molecule has 1 aliphatic heterocycles. The van der Waals surface area contributed by atoms with E-state index >= 15 is 0 Å². The van der Waals surface area contributed by atoms with Gasteiger partial charge in [0, 0.05) is 46.0 Å². The second-order valence-corrected chi connectivity index (χ2v) is 9.80. The normalized spacial score (nSPS) is 14.7. The van der Waals surface area contributed by atoms with Crippen LogP contribution in [-0.4, -0.2) is 82.0 Å². The fourth-order valence-electron chi connectivity index (χ4n) is 3.75. The van der Waals surface area contributed by atoms with Gasteiger partial charge in [0.05, 0.1) is 22.7 Å². The summed E-state index contributed by atoms with van der Waals surface area (Å²) in [6, 6.07) is 11.4. The number of aryl methyl sites for hydroxylation is 1. The number of benzene rings is 2. The lowest BCUT2D eigenvalue weighted by molar-refractivity contribution is -0.129. The van der Waals surface area contributed by atoms with Gasteiger partial charge in [0.15, 0.2) is 0 Å². The van der Waals surface area contributed by atoms with E-state index in [1.165, 1.54) is 18.2 Å². The third-order valence-corrected chi connectivity index (χ3v) is 7.18. The minimum Gasteiger partial charge on any atom is -0.478 e. The number of aromatic carboxylic acids is 1. The number of hydrogen-bond acceptors (Lipinski definition) is 6. The molecular weight excluding hydrogens is 444 g/mol. The molecule has 0 aromatic heterocycles. The van der Waals surface area contributed by atoms with E-state index in [-0.39, 0.29) is 22.1 Å². The molecule has 0 atom stereocenters. The first-order chi connectivity index (χ1) is 15.6. The molecule has 1 fully saturated rings. The summed E-state index contributed by atoms with van der Waals surface area (Å²) in [6.45, 7) is 4.82. The summed E-state index contributed by atoms with van der Waals surface area (Å²) in [6.07, 6.45) is 0.536. The number of carbonyl (C=O) groups excluding carboxylic acids is 1. The van der Waals surface area contributed by atoms with Crippen molar-refractivity contribution in [1.29, 1.82) is 0 Å². The average Bonchev–Trinajstić information content (AvgIpc) is 2.79. The van der Waals surface area contributed by atoms with Gasteiger partial charge in [0.2, 0.25) is 5.91 Å². The Bertz CT molecular complexity index is 1130. The molecule has 178 valence electrons. The number of carbonyl (C=O) groups is 2. The van der Waals surface area contributed by atoms with Crippen molar-refractivity contribution in [3.63, 3.8) is 0 Å². The molecule has 0 unspecified atom stereocenters. The predicted octanol–water partition coefficient (Wildman–Crippen LogP) is 1.96. The van der Waals surface area contributed by atoms with Crippen LogP contribution in [0.5, 0.6) is 0 Å². The van der Waals surface area contributed by atoms with E-state index in [2.05, 4.69) is 9.62 Å². The number of sulfonamides is 1. The van der Waals surface area contributed by atoms with Gasteiger partial charge in [-0.25, -0.2) is 13.2 Å². The van der Waals surface area contributed by atoms with Crippen molar-refractivity contribution < 1.29 is 23.1 Å². The summed E-state index contributed by atoms with van der Waals surface area (Å²) in [4.78, 5) is 29.7. The Morgan fingerprint density at radius 3 is 2.33 bits per heavy atom. The van der Waals surface area contributed by atoms with Crippen LogP contribution < -0.4 is 9.62 Å². The second-order valence-electron chi connectivity index (χ2n) is 8.15. The first kappa shape index (κ1) is 24.5. The largest absolute Gasteiger partial charge is 0.478 e. The molecule has 10 heteroatoms. The van der Waals surface area contributed by atoms with E-state index in [4.69, 9.17) is 0 Å². The predicted molar refractivity (Wildman–Crippen MR) is 127 cm³/mol. The minimum absolute atomic E-state index is 0.0207. The maximum absolute atomic E-state index is 13.0. The highest BCUT2D eigenvalue weighted by molar-refractivity contribution is 7.92. The van der Waals surface area contributed by atoms with E-state index in [1.807, 2.05) is 11.8 Å². The molecule has 1 amide bonds. The fourth-order valence-corrected chi connectivity index (χ4v) is 5.14. The van der Waals surface area contributed by atoms with Gasteiger partial charge in [0.1, 0.15) is 0 Å². The zero-order chi connectivity index (χ0) is 24.2. The van der Waals surface area contributed by atoms with Crippen molar-refractivity contribution in [2.24, 2.45) is 0 Å². The quantitative estimate of drug-likeness (QED) is 0.602. The van der Waals surface area contributed by atoms with Crippen molar-refractivity contribution >= 4 is 33.3 Å². The lowest BCUT2D eigenvalue weighted by Crippen LogP contribution is -2.49. The maximum atomic E-state index is 13.0. The summed E-state index contributed by atoms with van der Waals surface area (Å²) in [5.41, 5.74) is 1.26. The molecule has 1 saturated heterocycles. The van der Waals surface area contributed by atoms with Gasteiger partial charge < -0.3 is 14.9 Å². The SMILES string of the molecule is CCc1ccccc1S(=O)(=O)Nc1ccc(N2CCN(CC(=O)N(C)C)CC2)cc1C(=O)O. The van der Waals surface area contributed by atoms with E-state index < -0.39 is 16.0 Å². The lowest BCUT2D eigenvalue weighted by atomic mass is 10.1. The van der Waals surface area contributed by atoms with Gasteiger partial charge in [-0.3, -0.25) is 14.4 Å². The molecule has 3 rings (SSSR count). The van der Waals surface area contributed by atoms with Gasteiger partial charge in [-0.2, -0.15) is 0 Å². The first-order valence-electron chi connectivity index (χ1n) is 10.8. The second kappa shape index (κ2) is 10.2. The van der Waals surface area contributed by atoms with Crippen molar-refractivity contribution in [1.82, 2.24) is 9.80 Å². The van der Waals surface area contributed by atoms with Gasteiger partial charge in [-0.15, -0.1) is 0 Å². The third-order valence-electron chi connectivity index (χ3n) is 5.72. The number of amides is 1. The summed E-state index contributed by atoms with van der Waals surface area (Å²) in [5.74, 6) is -1.17. The van der Waals surface area contributed by atoms with Gasteiger partial charge >= 0.3 is 5.97 Å². The molecule has 2 aromatic rings. The molecule has 1 heterocycles. The van der Waals surface area contributed by atoms with Crippen LogP contribution >= 0.6 is 0 Å². The van der Waals surface area contributed by atoms with Crippen LogP contribution in [0.15, 0.2) is 47.4 Å². The van der Waals surface area contributed by atoms with E-state index in [9.17, 15) is 23.1 Å². The maximum Gasteiger partial charge on any atom is 0.337 e. The smallest absolute Gasteiger partial charge is 0.337 e. The van der Waals surface area contributed by atoms with Crippen molar-refractivity contribution in [3.05, 3.63) is 53.6 Å². The fraction of sp³-hybridized carbons (Fsp3) is 0.391. The number of carboxylic acids is 1. The Hall–Kier alpha value is -3.11. The number of hydrogen-bond donors (Lipinski definition) is 2. The number of likely N-dealkylation sites (N-methyl/N-ethyl adjacent to an activating group) is 1. The standard InChI is InChI=1S/C23H30N4O5S/c1-4-17-7-5-6-8-21(17)33(31,32)24-20-10-9-18(15-19(20)23(29)30)27-13-11-26(12-14-27)16-22(28)25(2)3/h5-10,15,24H,4,11-14,16H2,1-3H3,(H,29,30). The average molecular weight is 475 g/mol. The Balaban J connectivity index is 1.78. The molecule has 0 aliphatic carbocycles. The highest BCUT2D eigenvalue weighted by Gasteiger charge is 2.24. The van der Waals surface area contributed by atoms with Crippen molar-refractivity contribution in [2.45, 2.75) is 18.2 Å². The number of anilines is 2. The van der Waals surface area contributed by atoms with Crippen molar-refractivity contribution in [3.8, 4) is 0 Å². The highest BCUT2D eigenvalue weighted by atomic mass is 32.2. The Morgan fingerprint density at radius 1 is 1.06 bits per heavy atom. The van der Waals surface area contributed by atoms with Crippen LogP contribution in [0.25, 0.3) is 0 Å². The molecule has 9 nitrogen and oxygen atoms in total. The van der Waals surface area contributed by atoms with Crippen LogP contribution in [0, 0.1) is 0 Å². The molecule has 0 bridgehead atoms. The molecule has 0 spiro atoms. The Morgan fingerprint density at radius 2 is 1.73 bits per heavy atom. The monoisotopic (exact) mass is 474 g/mol. The van der Waals surface area contributed by atoms with Crippen LogP contribution in [-0.2, 0) is 21.2 Å². The third kappa shape index (κ3) is 5.82. The first-order valence-corrected chi connectivity index (χ1v) is 12.3. The van der Waals surface area contributed by atoms with Crippen LogP contribution in [0.4, 0.5) is 11.4 Å². The number of piperazine rings is 1. The van der Waals surface area contributed by atoms with Gasteiger partial charge in [0.25, 0.3) is 10.0 Å². The molecule has 2 aromatic carbocycles. The topological polar surface area (TPSA) is 110 Å². The van der Waals surface area contributed by atoms with Crippen LogP contribution in [0.1, 0.15) is 22.8 Å². The highest BCUT2D eigenvalue weighted by Crippen LogP contribution is 2.27. The zero-order valence-electron chi connectivity index (χ0n) is 19.1. The van der Waals surface area contributed by atoms with Gasteiger partial charge in [-0.05, 0) is 36.2 Å². The lowest BCUT2D eigenvalue weighted by Gasteiger charge is -2.36. The summed E-state index contributed by atoms with van der Waals surface area (Å²) in [5, 5.41) is 9.75. The minimum atomic E-state index is -3.95. The Kier molecular flexibility index (Phi) is 7.60. The molecule has 1 aliphatic rings. The van der Waals surface area contributed by atoms with Crippen molar-refractivity contribution in [2.75, 3.05) is 56.4 Å². The number of carboxylic acid groups (broad SMARTS) is 1. The molecule has 0 radical (unpaired) electrons. The summed E-state index contributed by atoms with van der Waals surface area (Å²) in [7, 11) is -0.496. The number of rotatable bonds is 8. The molecule has 33 heavy (non-hydrogen) atoms. The molecule has 2 N–H and O–H groups in total. The summed E-state index contributed by atoms with van der Waals surface area (Å²) < 4.78 is 28.4. The summed E-state index contributed by atoms with van der Waals surface area (Å²) >= 11 is 0. The number of nitrogens with zero attached hydrogens (tertiary/aromatic N) is 3. The Labute approximate surface area is 194 Å². The molecule has 0 saturated carbocycles. The van der Waals surface area contributed by atoms with E-state index in [1.54, 1.807) is 43.3 Å². The van der Waals surface area contributed by atoms with Crippen LogP contribution in [0.2, 0.25) is 0 Å². The number of nitrogens with one attached hydrogen (secondary N) is 1. The van der Waals surface area contributed by atoms with Crippen LogP contribution in [0.3, 0.4) is 0 Å². The van der Waals surface area contributed by atoms with Gasteiger partial charge in [-0.1, -0.05) is 25.1 Å². The zero-order valence-corrected chi connectivity index (χ0v) is 19.9. The molecular formula is C23H30N4O5S. The van der Waals surface area contributed by atoms with E-state index in [0.29, 0.717) is 50.4 Å². The van der Waals surface area contributed by atoms with E-state index in [0.717, 1.165) is 0 Å².